The third kappa shape index (κ3) is 3.96. The molecule has 1 aliphatic heterocycles. The van der Waals surface area contributed by atoms with Gasteiger partial charge in [-0.3, -0.25) is 4.90 Å². The van der Waals surface area contributed by atoms with Crippen molar-refractivity contribution >= 4 is 0 Å². The molecule has 0 spiro atoms. The van der Waals surface area contributed by atoms with Gasteiger partial charge in [0.1, 0.15) is 0 Å². The molecule has 2 fully saturated rings. The number of likely N-dealkylation sites (tertiary alicyclic amines) is 1. The number of nitrogens with zero attached hydrogens (tertiary/aromatic N) is 1. The van der Waals surface area contributed by atoms with Gasteiger partial charge in [-0.2, -0.15) is 0 Å². The van der Waals surface area contributed by atoms with Gasteiger partial charge in [-0.15, -0.1) is 0 Å². The average molecular weight is 252 g/mol. The van der Waals surface area contributed by atoms with Gasteiger partial charge in [0.15, 0.2) is 0 Å². The highest BCUT2D eigenvalue weighted by Crippen LogP contribution is 2.26. The fraction of sp³-hybridized carbons (Fsp3) is 1.00. The number of hydrogen-bond acceptors (Lipinski definition) is 2. The summed E-state index contributed by atoms with van der Waals surface area (Å²) in [5.74, 6) is 0.937. The zero-order chi connectivity index (χ0) is 12.8. The lowest BCUT2D eigenvalue weighted by atomic mass is 9.83. The smallest absolute Gasteiger partial charge is 0.0192 e. The summed E-state index contributed by atoms with van der Waals surface area (Å²) in [5, 5.41) is 3.88. The first-order valence-corrected chi connectivity index (χ1v) is 8.28. The Balaban J connectivity index is 1.71. The molecule has 0 amide bonds. The normalized spacial score (nSPS) is 32.3. The van der Waals surface area contributed by atoms with Gasteiger partial charge in [-0.1, -0.05) is 32.6 Å². The molecule has 0 aromatic rings. The summed E-state index contributed by atoms with van der Waals surface area (Å²) in [7, 11) is 0. The molecule has 2 aliphatic rings. The SMILES string of the molecule is CCC1CCCCC1NCC(C)N1CCCCC1. The summed E-state index contributed by atoms with van der Waals surface area (Å²) in [6.45, 7) is 8.61. The van der Waals surface area contributed by atoms with Crippen LogP contribution in [0.3, 0.4) is 0 Å². The number of rotatable bonds is 5. The van der Waals surface area contributed by atoms with Crippen molar-refractivity contribution in [3.63, 3.8) is 0 Å². The van der Waals surface area contributed by atoms with Crippen molar-refractivity contribution in [2.45, 2.75) is 77.3 Å². The van der Waals surface area contributed by atoms with Crippen LogP contribution >= 0.6 is 0 Å². The molecular formula is C16H32N2. The first kappa shape index (κ1) is 14.3. The van der Waals surface area contributed by atoms with Crippen LogP contribution in [-0.4, -0.2) is 36.6 Å². The zero-order valence-electron chi connectivity index (χ0n) is 12.5. The van der Waals surface area contributed by atoms with Crippen molar-refractivity contribution in [3.8, 4) is 0 Å². The molecule has 3 atom stereocenters. The molecule has 1 saturated carbocycles. The molecule has 106 valence electrons. The molecule has 3 unspecified atom stereocenters. The third-order valence-corrected chi connectivity index (χ3v) is 5.12. The molecule has 0 bridgehead atoms. The average Bonchev–Trinajstić information content (AvgIpc) is 2.46. The molecule has 1 heterocycles. The quantitative estimate of drug-likeness (QED) is 0.806. The molecule has 2 nitrogen and oxygen atoms in total. The van der Waals surface area contributed by atoms with Gasteiger partial charge in [0.05, 0.1) is 0 Å². The highest BCUT2D eigenvalue weighted by atomic mass is 15.2. The van der Waals surface area contributed by atoms with E-state index in [-0.39, 0.29) is 0 Å². The molecule has 0 aromatic carbocycles. The summed E-state index contributed by atoms with van der Waals surface area (Å²) in [4.78, 5) is 2.68. The summed E-state index contributed by atoms with van der Waals surface area (Å²) < 4.78 is 0. The molecule has 2 heteroatoms. The Labute approximate surface area is 114 Å². The van der Waals surface area contributed by atoms with Gasteiger partial charge < -0.3 is 5.32 Å². The lowest BCUT2D eigenvalue weighted by Crippen LogP contribution is -2.47. The van der Waals surface area contributed by atoms with Crippen LogP contribution in [0.25, 0.3) is 0 Å². The Hall–Kier alpha value is -0.0800. The minimum atomic E-state index is 0.727. The van der Waals surface area contributed by atoms with Gasteiger partial charge in [0.2, 0.25) is 0 Å². The zero-order valence-corrected chi connectivity index (χ0v) is 12.5. The highest BCUT2D eigenvalue weighted by Gasteiger charge is 2.24. The standard InChI is InChI=1S/C16H32N2/c1-3-15-9-5-6-10-16(15)17-13-14(2)18-11-7-4-8-12-18/h14-17H,3-13H2,1-2H3. The van der Waals surface area contributed by atoms with Crippen molar-refractivity contribution < 1.29 is 0 Å². The highest BCUT2D eigenvalue weighted by molar-refractivity contribution is 4.82. The van der Waals surface area contributed by atoms with Gasteiger partial charge in [-0.05, 0) is 51.6 Å². The van der Waals surface area contributed by atoms with E-state index in [0.717, 1.165) is 18.0 Å². The molecule has 2 rings (SSSR count). The van der Waals surface area contributed by atoms with E-state index in [0.29, 0.717) is 0 Å². The second-order valence-electron chi connectivity index (χ2n) is 6.41. The Morgan fingerprint density at radius 3 is 2.50 bits per heavy atom. The number of hydrogen-bond donors (Lipinski definition) is 1. The van der Waals surface area contributed by atoms with Gasteiger partial charge in [0, 0.05) is 18.6 Å². The summed E-state index contributed by atoms with van der Waals surface area (Å²) >= 11 is 0. The van der Waals surface area contributed by atoms with Gasteiger partial charge >= 0.3 is 0 Å². The second-order valence-corrected chi connectivity index (χ2v) is 6.41. The Kier molecular flexibility index (Phi) is 5.97. The van der Waals surface area contributed by atoms with Gasteiger partial charge in [0.25, 0.3) is 0 Å². The maximum absolute atomic E-state index is 3.88. The van der Waals surface area contributed by atoms with Crippen LogP contribution in [0.4, 0.5) is 0 Å². The van der Waals surface area contributed by atoms with Crippen LogP contribution in [0.1, 0.15) is 65.2 Å². The first-order chi connectivity index (χ1) is 8.81. The second kappa shape index (κ2) is 7.49. The van der Waals surface area contributed by atoms with E-state index in [4.69, 9.17) is 0 Å². The van der Waals surface area contributed by atoms with E-state index in [1.807, 2.05) is 0 Å². The van der Waals surface area contributed by atoms with E-state index < -0.39 is 0 Å². The minimum absolute atomic E-state index is 0.727. The molecule has 0 radical (unpaired) electrons. The van der Waals surface area contributed by atoms with E-state index >= 15 is 0 Å². The molecule has 1 aliphatic carbocycles. The largest absolute Gasteiger partial charge is 0.312 e. The van der Waals surface area contributed by atoms with Crippen molar-refractivity contribution in [2.24, 2.45) is 5.92 Å². The third-order valence-electron chi connectivity index (χ3n) is 5.12. The molecule has 18 heavy (non-hydrogen) atoms. The van der Waals surface area contributed by atoms with E-state index in [9.17, 15) is 0 Å². The summed E-state index contributed by atoms with van der Waals surface area (Å²) in [6, 6.07) is 1.53. The summed E-state index contributed by atoms with van der Waals surface area (Å²) in [5.41, 5.74) is 0. The Bertz CT molecular complexity index is 223. The van der Waals surface area contributed by atoms with Crippen LogP contribution in [0.2, 0.25) is 0 Å². The van der Waals surface area contributed by atoms with Gasteiger partial charge in [-0.25, -0.2) is 0 Å². The Morgan fingerprint density at radius 2 is 1.78 bits per heavy atom. The fourth-order valence-corrected chi connectivity index (χ4v) is 3.78. The minimum Gasteiger partial charge on any atom is -0.312 e. The van der Waals surface area contributed by atoms with Crippen LogP contribution in [0, 0.1) is 5.92 Å². The molecule has 1 N–H and O–H groups in total. The predicted octanol–water partition coefficient (Wildman–Crippen LogP) is 3.42. The fourth-order valence-electron chi connectivity index (χ4n) is 3.78. The molecule has 0 aromatic heterocycles. The number of piperidine rings is 1. The number of nitrogens with one attached hydrogen (secondary N) is 1. The maximum atomic E-state index is 3.88. The summed E-state index contributed by atoms with van der Waals surface area (Å²) in [6.07, 6.45) is 11.4. The van der Waals surface area contributed by atoms with Crippen LogP contribution < -0.4 is 5.32 Å². The lowest BCUT2D eigenvalue weighted by Gasteiger charge is -2.36. The van der Waals surface area contributed by atoms with E-state index in [2.05, 4.69) is 24.1 Å². The molecule has 1 saturated heterocycles. The topological polar surface area (TPSA) is 15.3 Å². The van der Waals surface area contributed by atoms with Crippen LogP contribution in [0.5, 0.6) is 0 Å². The van der Waals surface area contributed by atoms with Crippen molar-refractivity contribution in [3.05, 3.63) is 0 Å². The maximum Gasteiger partial charge on any atom is 0.0192 e. The predicted molar refractivity (Wildman–Crippen MR) is 78.9 cm³/mol. The van der Waals surface area contributed by atoms with Crippen LogP contribution in [-0.2, 0) is 0 Å². The van der Waals surface area contributed by atoms with Crippen molar-refractivity contribution in [1.29, 1.82) is 0 Å². The molecular weight excluding hydrogens is 220 g/mol. The van der Waals surface area contributed by atoms with Crippen molar-refractivity contribution in [2.75, 3.05) is 19.6 Å². The monoisotopic (exact) mass is 252 g/mol. The van der Waals surface area contributed by atoms with Crippen LogP contribution in [0.15, 0.2) is 0 Å². The lowest BCUT2D eigenvalue weighted by molar-refractivity contribution is 0.158. The Morgan fingerprint density at radius 1 is 1.06 bits per heavy atom. The van der Waals surface area contributed by atoms with E-state index in [1.165, 1.54) is 71.0 Å². The van der Waals surface area contributed by atoms with Crippen molar-refractivity contribution in [1.82, 2.24) is 10.2 Å². The first-order valence-electron chi connectivity index (χ1n) is 8.28. The van der Waals surface area contributed by atoms with E-state index in [1.54, 1.807) is 0 Å².